The van der Waals surface area contributed by atoms with Crippen molar-refractivity contribution in [3.8, 4) is 0 Å². The number of benzene rings is 1. The first-order valence-corrected chi connectivity index (χ1v) is 9.85. The van der Waals surface area contributed by atoms with Crippen LogP contribution in [0.25, 0.3) is 0 Å². The van der Waals surface area contributed by atoms with E-state index in [1.807, 2.05) is 17.0 Å². The Morgan fingerprint density at radius 3 is 2.64 bits per heavy atom. The highest BCUT2D eigenvalue weighted by Crippen LogP contribution is 2.27. The number of carbonyl (C=O) groups excluding carboxylic acids is 1. The Morgan fingerprint density at radius 1 is 1.12 bits per heavy atom. The second kappa shape index (κ2) is 7.14. The molecule has 1 saturated heterocycles. The molecule has 2 aliphatic heterocycles. The van der Waals surface area contributed by atoms with Crippen molar-refractivity contribution in [2.24, 2.45) is 0 Å². The summed E-state index contributed by atoms with van der Waals surface area (Å²) >= 11 is 1.50. The standard InChI is InChI=1S/C19H24N4OS/c20-19-21-16-8-11-23(13-17(16)25-19)18(24)15-6-4-14(5-7-15)12-22-9-2-1-3-10-22/h4-7H,1-3,8-13H2,(H2,20,21). The molecule has 2 N–H and O–H groups in total. The van der Waals surface area contributed by atoms with Gasteiger partial charge < -0.3 is 10.6 Å². The van der Waals surface area contributed by atoms with Gasteiger partial charge in [0.15, 0.2) is 5.13 Å². The van der Waals surface area contributed by atoms with Crippen LogP contribution < -0.4 is 5.73 Å². The number of nitrogens with two attached hydrogens (primary N) is 1. The normalized spacial score (nSPS) is 18.2. The first kappa shape index (κ1) is 16.5. The Morgan fingerprint density at radius 2 is 1.88 bits per heavy atom. The zero-order chi connectivity index (χ0) is 17.2. The van der Waals surface area contributed by atoms with Gasteiger partial charge in [0.05, 0.1) is 12.2 Å². The van der Waals surface area contributed by atoms with Gasteiger partial charge in [0.2, 0.25) is 0 Å². The number of nitrogen functional groups attached to an aromatic ring is 1. The number of piperidine rings is 1. The lowest BCUT2D eigenvalue weighted by atomic mass is 10.1. The molecule has 2 aromatic rings. The SMILES string of the molecule is Nc1nc2c(s1)CN(C(=O)c1ccc(CN3CCCCC3)cc1)CC2. The van der Waals surface area contributed by atoms with E-state index >= 15 is 0 Å². The average Bonchev–Trinajstić information content (AvgIpc) is 3.02. The van der Waals surface area contributed by atoms with Crippen LogP contribution in [0.1, 0.15) is 45.8 Å². The molecule has 0 aliphatic carbocycles. The molecule has 0 saturated carbocycles. The molecule has 1 amide bonds. The van der Waals surface area contributed by atoms with Crippen molar-refractivity contribution < 1.29 is 4.79 Å². The molecular formula is C19H24N4OS. The second-order valence-electron chi connectivity index (χ2n) is 6.93. The van der Waals surface area contributed by atoms with E-state index in [2.05, 4.69) is 22.0 Å². The van der Waals surface area contributed by atoms with Gasteiger partial charge in [-0.05, 0) is 43.6 Å². The highest BCUT2D eigenvalue weighted by Gasteiger charge is 2.24. The maximum absolute atomic E-state index is 12.8. The molecule has 0 bridgehead atoms. The Kier molecular flexibility index (Phi) is 4.72. The Bertz CT molecular complexity index is 749. The van der Waals surface area contributed by atoms with Crippen molar-refractivity contribution in [1.29, 1.82) is 0 Å². The maximum Gasteiger partial charge on any atom is 0.254 e. The molecule has 5 nitrogen and oxygen atoms in total. The number of aromatic nitrogens is 1. The fourth-order valence-electron chi connectivity index (χ4n) is 3.70. The fraction of sp³-hybridized carbons (Fsp3) is 0.474. The third-order valence-corrected chi connectivity index (χ3v) is 6.00. The molecule has 25 heavy (non-hydrogen) atoms. The van der Waals surface area contributed by atoms with Crippen molar-refractivity contribution in [2.45, 2.75) is 38.8 Å². The van der Waals surface area contributed by atoms with Crippen molar-refractivity contribution in [1.82, 2.24) is 14.8 Å². The lowest BCUT2D eigenvalue weighted by Crippen LogP contribution is -2.35. The van der Waals surface area contributed by atoms with Gasteiger partial charge in [-0.3, -0.25) is 9.69 Å². The van der Waals surface area contributed by atoms with E-state index in [4.69, 9.17) is 5.73 Å². The Hall–Kier alpha value is -1.92. The molecule has 4 rings (SSSR count). The van der Waals surface area contributed by atoms with Crippen LogP contribution in [-0.2, 0) is 19.5 Å². The third-order valence-electron chi connectivity index (χ3n) is 5.09. The lowest BCUT2D eigenvalue weighted by molar-refractivity contribution is 0.0736. The minimum Gasteiger partial charge on any atom is -0.375 e. The van der Waals surface area contributed by atoms with Gasteiger partial charge in [-0.1, -0.05) is 18.6 Å². The minimum absolute atomic E-state index is 0.0992. The van der Waals surface area contributed by atoms with E-state index in [1.165, 1.54) is 49.3 Å². The van der Waals surface area contributed by atoms with Gasteiger partial charge >= 0.3 is 0 Å². The summed E-state index contributed by atoms with van der Waals surface area (Å²) in [5.41, 5.74) is 8.90. The van der Waals surface area contributed by atoms with E-state index in [0.29, 0.717) is 18.2 Å². The average molecular weight is 356 g/mol. The smallest absolute Gasteiger partial charge is 0.254 e. The topological polar surface area (TPSA) is 62.5 Å². The number of hydrogen-bond acceptors (Lipinski definition) is 5. The van der Waals surface area contributed by atoms with E-state index in [0.717, 1.165) is 29.1 Å². The first-order valence-electron chi connectivity index (χ1n) is 9.04. The van der Waals surface area contributed by atoms with Crippen LogP contribution >= 0.6 is 11.3 Å². The second-order valence-corrected chi connectivity index (χ2v) is 8.05. The van der Waals surface area contributed by atoms with Crippen molar-refractivity contribution in [3.63, 3.8) is 0 Å². The molecule has 1 aromatic heterocycles. The highest BCUT2D eigenvalue weighted by atomic mass is 32.1. The van der Waals surface area contributed by atoms with Gasteiger partial charge in [-0.2, -0.15) is 0 Å². The molecule has 2 aliphatic rings. The molecule has 0 unspecified atom stereocenters. The van der Waals surface area contributed by atoms with Gasteiger partial charge in [0, 0.05) is 30.0 Å². The number of amides is 1. The summed E-state index contributed by atoms with van der Waals surface area (Å²) in [7, 11) is 0. The van der Waals surface area contributed by atoms with Crippen LogP contribution in [-0.4, -0.2) is 40.3 Å². The molecule has 0 spiro atoms. The number of carbonyl (C=O) groups is 1. The zero-order valence-electron chi connectivity index (χ0n) is 14.4. The third kappa shape index (κ3) is 3.70. The van der Waals surface area contributed by atoms with Crippen LogP contribution in [0.2, 0.25) is 0 Å². The van der Waals surface area contributed by atoms with E-state index in [-0.39, 0.29) is 5.91 Å². The molecule has 0 atom stereocenters. The number of likely N-dealkylation sites (tertiary alicyclic amines) is 1. The molecule has 1 fully saturated rings. The van der Waals surface area contributed by atoms with Crippen molar-refractivity contribution in [2.75, 3.05) is 25.4 Å². The number of rotatable bonds is 3. The number of fused-ring (bicyclic) bond motifs is 1. The molecule has 6 heteroatoms. The number of hydrogen-bond donors (Lipinski definition) is 1. The van der Waals surface area contributed by atoms with Gasteiger partial charge in [-0.25, -0.2) is 4.98 Å². The Balaban J connectivity index is 1.40. The predicted octanol–water partition coefficient (Wildman–Crippen LogP) is 2.91. The zero-order valence-corrected chi connectivity index (χ0v) is 15.2. The minimum atomic E-state index is 0.0992. The molecule has 3 heterocycles. The Labute approximate surface area is 152 Å². The highest BCUT2D eigenvalue weighted by molar-refractivity contribution is 7.15. The van der Waals surface area contributed by atoms with Crippen molar-refractivity contribution in [3.05, 3.63) is 46.0 Å². The molecular weight excluding hydrogens is 332 g/mol. The van der Waals surface area contributed by atoms with Crippen LogP contribution in [0, 0.1) is 0 Å². The number of nitrogens with zero attached hydrogens (tertiary/aromatic N) is 3. The van der Waals surface area contributed by atoms with E-state index < -0.39 is 0 Å². The summed E-state index contributed by atoms with van der Waals surface area (Å²) in [6.07, 6.45) is 4.75. The maximum atomic E-state index is 12.8. The van der Waals surface area contributed by atoms with Crippen LogP contribution in [0.5, 0.6) is 0 Å². The predicted molar refractivity (Wildman–Crippen MR) is 101 cm³/mol. The van der Waals surface area contributed by atoms with Gasteiger partial charge in [0.25, 0.3) is 5.91 Å². The summed E-state index contributed by atoms with van der Waals surface area (Å²) in [4.78, 5) is 22.7. The molecule has 0 radical (unpaired) electrons. The van der Waals surface area contributed by atoms with E-state index in [1.54, 1.807) is 0 Å². The largest absolute Gasteiger partial charge is 0.375 e. The summed E-state index contributed by atoms with van der Waals surface area (Å²) in [5.74, 6) is 0.0992. The number of thiazole rings is 1. The molecule has 1 aromatic carbocycles. The summed E-state index contributed by atoms with van der Waals surface area (Å²) < 4.78 is 0. The number of anilines is 1. The van der Waals surface area contributed by atoms with Gasteiger partial charge in [0.1, 0.15) is 0 Å². The quantitative estimate of drug-likeness (QED) is 0.918. The monoisotopic (exact) mass is 356 g/mol. The fourth-order valence-corrected chi connectivity index (χ4v) is 4.59. The van der Waals surface area contributed by atoms with Gasteiger partial charge in [-0.15, -0.1) is 11.3 Å². The summed E-state index contributed by atoms with van der Waals surface area (Å²) in [5, 5.41) is 0.598. The van der Waals surface area contributed by atoms with E-state index in [9.17, 15) is 4.79 Å². The molecule has 132 valence electrons. The van der Waals surface area contributed by atoms with Crippen LogP contribution in [0.3, 0.4) is 0 Å². The summed E-state index contributed by atoms with van der Waals surface area (Å²) in [6, 6.07) is 8.14. The first-order chi connectivity index (χ1) is 12.2. The summed E-state index contributed by atoms with van der Waals surface area (Å²) in [6.45, 7) is 4.70. The lowest BCUT2D eigenvalue weighted by Gasteiger charge is -2.27. The van der Waals surface area contributed by atoms with Crippen molar-refractivity contribution >= 4 is 22.4 Å². The van der Waals surface area contributed by atoms with Crippen LogP contribution in [0.4, 0.5) is 5.13 Å². The van der Waals surface area contributed by atoms with Crippen LogP contribution in [0.15, 0.2) is 24.3 Å².